The number of aromatic nitrogens is 1. The van der Waals surface area contributed by atoms with Crippen molar-refractivity contribution >= 4 is 6.09 Å². The first-order chi connectivity index (χ1) is 7.87. The second kappa shape index (κ2) is 5.37. The van der Waals surface area contributed by atoms with Crippen LogP contribution in [0.2, 0.25) is 0 Å². The Balaban J connectivity index is 2.56. The fourth-order valence-electron chi connectivity index (χ4n) is 0.929. The number of ether oxygens (including phenoxy) is 2. The summed E-state index contributed by atoms with van der Waals surface area (Å²) in [7, 11) is 0. The highest BCUT2D eigenvalue weighted by atomic mass is 19.4. The molecule has 94 valence electrons. The molecule has 8 heteroatoms. The van der Waals surface area contributed by atoms with Crippen molar-refractivity contribution in [1.82, 2.24) is 4.98 Å². The van der Waals surface area contributed by atoms with E-state index >= 15 is 0 Å². The number of amides is 1. The van der Waals surface area contributed by atoms with Gasteiger partial charge in [-0.3, -0.25) is 0 Å². The SMILES string of the molecule is NC(=O)OCc1ccnc(OCC(F)(F)F)c1. The molecule has 0 bridgehead atoms. The molecule has 0 aromatic carbocycles. The fourth-order valence-corrected chi connectivity index (χ4v) is 0.929. The molecule has 2 N–H and O–H groups in total. The minimum Gasteiger partial charge on any atom is -0.468 e. The standard InChI is InChI=1S/C9H9F3N2O3/c10-9(11,12)5-17-7-3-6(1-2-14-7)4-16-8(13)15/h1-3H,4-5H2,(H2,13,15). The van der Waals surface area contributed by atoms with Crippen LogP contribution < -0.4 is 10.5 Å². The van der Waals surface area contributed by atoms with Gasteiger partial charge in [-0.25, -0.2) is 9.78 Å². The predicted molar refractivity (Wildman–Crippen MR) is 50.2 cm³/mol. The summed E-state index contributed by atoms with van der Waals surface area (Å²) in [5, 5.41) is 0. The largest absolute Gasteiger partial charge is 0.468 e. The van der Waals surface area contributed by atoms with E-state index in [-0.39, 0.29) is 12.5 Å². The summed E-state index contributed by atoms with van der Waals surface area (Å²) in [6.45, 7) is -1.58. The molecule has 5 nitrogen and oxygen atoms in total. The summed E-state index contributed by atoms with van der Waals surface area (Å²) in [6.07, 6.45) is -4.16. The Kier molecular flexibility index (Phi) is 4.13. The quantitative estimate of drug-likeness (QED) is 0.881. The highest BCUT2D eigenvalue weighted by Gasteiger charge is 2.28. The normalized spacial score (nSPS) is 11.0. The lowest BCUT2D eigenvalue weighted by Crippen LogP contribution is -2.19. The molecule has 0 atom stereocenters. The Labute approximate surface area is 94.3 Å². The van der Waals surface area contributed by atoms with Gasteiger partial charge in [0.2, 0.25) is 5.88 Å². The van der Waals surface area contributed by atoms with Crippen LogP contribution in [0, 0.1) is 0 Å². The summed E-state index contributed by atoms with van der Waals surface area (Å²) < 4.78 is 44.4. The molecular formula is C9H9F3N2O3. The van der Waals surface area contributed by atoms with E-state index in [1.165, 1.54) is 18.3 Å². The molecule has 0 saturated carbocycles. The number of pyridine rings is 1. The lowest BCUT2D eigenvalue weighted by Gasteiger charge is -2.09. The monoisotopic (exact) mass is 250 g/mol. The van der Waals surface area contributed by atoms with Crippen molar-refractivity contribution in [2.45, 2.75) is 12.8 Å². The van der Waals surface area contributed by atoms with E-state index < -0.39 is 18.9 Å². The van der Waals surface area contributed by atoms with Crippen LogP contribution in [0.15, 0.2) is 18.3 Å². The molecule has 0 fully saturated rings. The van der Waals surface area contributed by atoms with E-state index in [2.05, 4.69) is 14.5 Å². The van der Waals surface area contributed by atoms with Crippen molar-refractivity contribution < 1.29 is 27.4 Å². The Hall–Kier alpha value is -1.99. The van der Waals surface area contributed by atoms with Crippen LogP contribution in [-0.4, -0.2) is 23.9 Å². The fraction of sp³-hybridized carbons (Fsp3) is 0.333. The van der Waals surface area contributed by atoms with Gasteiger partial charge in [0.15, 0.2) is 6.61 Å². The molecule has 17 heavy (non-hydrogen) atoms. The second-order valence-electron chi connectivity index (χ2n) is 3.01. The van der Waals surface area contributed by atoms with Gasteiger partial charge in [-0.2, -0.15) is 13.2 Å². The van der Waals surface area contributed by atoms with Crippen molar-refractivity contribution in [3.63, 3.8) is 0 Å². The van der Waals surface area contributed by atoms with E-state index in [0.717, 1.165) is 0 Å². The van der Waals surface area contributed by atoms with Crippen LogP contribution in [0.25, 0.3) is 0 Å². The van der Waals surface area contributed by atoms with Crippen molar-refractivity contribution in [3.05, 3.63) is 23.9 Å². The third-order valence-corrected chi connectivity index (χ3v) is 1.56. The van der Waals surface area contributed by atoms with Crippen LogP contribution in [-0.2, 0) is 11.3 Å². The van der Waals surface area contributed by atoms with E-state index in [1.807, 2.05) is 0 Å². The molecular weight excluding hydrogens is 241 g/mol. The smallest absolute Gasteiger partial charge is 0.422 e. The molecule has 0 unspecified atom stereocenters. The molecule has 0 saturated heterocycles. The van der Waals surface area contributed by atoms with Gasteiger partial charge in [0.1, 0.15) is 6.61 Å². The summed E-state index contributed by atoms with van der Waals surface area (Å²) in [4.78, 5) is 13.9. The average Bonchev–Trinajstić information content (AvgIpc) is 2.23. The molecule has 1 heterocycles. The Morgan fingerprint density at radius 2 is 2.18 bits per heavy atom. The van der Waals surface area contributed by atoms with Gasteiger partial charge in [-0.15, -0.1) is 0 Å². The first-order valence-electron chi connectivity index (χ1n) is 4.43. The number of primary amides is 1. The van der Waals surface area contributed by atoms with Gasteiger partial charge in [-0.1, -0.05) is 0 Å². The van der Waals surface area contributed by atoms with Crippen LogP contribution in [0.3, 0.4) is 0 Å². The van der Waals surface area contributed by atoms with Crippen molar-refractivity contribution in [3.8, 4) is 5.88 Å². The Bertz CT molecular complexity index is 395. The average molecular weight is 250 g/mol. The Morgan fingerprint density at radius 1 is 1.47 bits per heavy atom. The molecule has 0 aliphatic heterocycles. The topological polar surface area (TPSA) is 74.4 Å². The lowest BCUT2D eigenvalue weighted by atomic mass is 10.3. The van der Waals surface area contributed by atoms with Gasteiger partial charge in [0.25, 0.3) is 0 Å². The summed E-state index contributed by atoms with van der Waals surface area (Å²) in [5.41, 5.74) is 5.16. The number of nitrogens with two attached hydrogens (primary N) is 1. The van der Waals surface area contributed by atoms with E-state index in [4.69, 9.17) is 5.73 Å². The number of rotatable bonds is 4. The van der Waals surface area contributed by atoms with Gasteiger partial charge in [-0.05, 0) is 11.6 Å². The number of carbonyl (C=O) groups excluding carboxylic acids is 1. The van der Waals surface area contributed by atoms with Gasteiger partial charge >= 0.3 is 12.3 Å². The maximum atomic E-state index is 11.9. The number of halogens is 3. The van der Waals surface area contributed by atoms with Gasteiger partial charge in [0, 0.05) is 12.3 Å². The lowest BCUT2D eigenvalue weighted by molar-refractivity contribution is -0.154. The first-order valence-corrected chi connectivity index (χ1v) is 4.43. The van der Waals surface area contributed by atoms with Crippen molar-refractivity contribution in [1.29, 1.82) is 0 Å². The van der Waals surface area contributed by atoms with Crippen molar-refractivity contribution in [2.75, 3.05) is 6.61 Å². The third-order valence-electron chi connectivity index (χ3n) is 1.56. The number of hydrogen-bond donors (Lipinski definition) is 1. The zero-order valence-corrected chi connectivity index (χ0v) is 8.53. The second-order valence-corrected chi connectivity index (χ2v) is 3.01. The number of hydrogen-bond acceptors (Lipinski definition) is 4. The van der Waals surface area contributed by atoms with Gasteiger partial charge in [0.05, 0.1) is 0 Å². The molecule has 0 aliphatic rings. The van der Waals surface area contributed by atoms with Crippen molar-refractivity contribution in [2.24, 2.45) is 5.73 Å². The highest BCUT2D eigenvalue weighted by Crippen LogP contribution is 2.17. The Morgan fingerprint density at radius 3 is 2.76 bits per heavy atom. The number of nitrogens with zero attached hydrogens (tertiary/aromatic N) is 1. The zero-order chi connectivity index (χ0) is 12.9. The third kappa shape index (κ3) is 5.59. The van der Waals surface area contributed by atoms with E-state index in [1.54, 1.807) is 0 Å². The van der Waals surface area contributed by atoms with Gasteiger partial charge < -0.3 is 15.2 Å². The predicted octanol–water partition coefficient (Wildman–Crippen LogP) is 1.62. The first kappa shape index (κ1) is 13.1. The summed E-state index contributed by atoms with van der Waals surface area (Å²) >= 11 is 0. The molecule has 0 aliphatic carbocycles. The van der Waals surface area contributed by atoms with Crippen LogP contribution >= 0.6 is 0 Å². The summed E-state index contributed by atoms with van der Waals surface area (Å²) in [5.74, 6) is -0.201. The number of carbonyl (C=O) groups is 1. The van der Waals surface area contributed by atoms with Crippen LogP contribution in [0.5, 0.6) is 5.88 Å². The molecule has 1 rings (SSSR count). The highest BCUT2D eigenvalue weighted by molar-refractivity contribution is 5.64. The number of alkyl halides is 3. The van der Waals surface area contributed by atoms with E-state index in [0.29, 0.717) is 5.56 Å². The summed E-state index contributed by atoms with van der Waals surface area (Å²) in [6, 6.07) is 2.69. The van der Waals surface area contributed by atoms with Crippen LogP contribution in [0.1, 0.15) is 5.56 Å². The minimum absolute atomic E-state index is 0.153. The molecule has 0 radical (unpaired) electrons. The van der Waals surface area contributed by atoms with Crippen LogP contribution in [0.4, 0.5) is 18.0 Å². The maximum Gasteiger partial charge on any atom is 0.422 e. The maximum absolute atomic E-state index is 11.9. The molecule has 1 aromatic rings. The minimum atomic E-state index is -4.43. The zero-order valence-electron chi connectivity index (χ0n) is 8.53. The molecule has 1 amide bonds. The molecule has 0 spiro atoms. The molecule has 1 aromatic heterocycles. The van der Waals surface area contributed by atoms with E-state index in [9.17, 15) is 18.0 Å².